The number of oxazole rings is 1. The minimum atomic E-state index is -0.695. The van der Waals surface area contributed by atoms with Crippen molar-refractivity contribution < 1.29 is 23.5 Å². The summed E-state index contributed by atoms with van der Waals surface area (Å²) in [7, 11) is 0. The average molecular weight is 540 g/mol. The van der Waals surface area contributed by atoms with Crippen molar-refractivity contribution in [1.29, 1.82) is 5.26 Å². The van der Waals surface area contributed by atoms with E-state index < -0.39 is 18.2 Å². The number of amides is 3. The smallest absolute Gasteiger partial charge is 0.407 e. The van der Waals surface area contributed by atoms with E-state index in [1.54, 1.807) is 30.5 Å². The number of alkyl carbamates (subject to hydrolysis) is 1. The fourth-order valence-electron chi connectivity index (χ4n) is 3.91. The highest BCUT2D eigenvalue weighted by molar-refractivity contribution is 6.00. The van der Waals surface area contributed by atoms with Gasteiger partial charge < -0.3 is 29.8 Å². The van der Waals surface area contributed by atoms with Crippen molar-refractivity contribution >= 4 is 23.5 Å². The number of aromatic nitrogens is 1. The minimum absolute atomic E-state index is 0.0129. The first-order valence-electron chi connectivity index (χ1n) is 12.6. The van der Waals surface area contributed by atoms with Crippen molar-refractivity contribution in [1.82, 2.24) is 10.3 Å². The average Bonchev–Trinajstić information content (AvgIpc) is 3.48. The summed E-state index contributed by atoms with van der Waals surface area (Å²) < 4.78 is 16.3. The fourth-order valence-corrected chi connectivity index (χ4v) is 3.91. The van der Waals surface area contributed by atoms with Gasteiger partial charge in [-0.1, -0.05) is 42.5 Å². The van der Waals surface area contributed by atoms with Crippen molar-refractivity contribution in [2.24, 2.45) is 0 Å². The van der Waals surface area contributed by atoms with Crippen molar-refractivity contribution in [3.8, 4) is 17.4 Å². The third-order valence-corrected chi connectivity index (χ3v) is 5.81. The van der Waals surface area contributed by atoms with E-state index in [0.29, 0.717) is 23.7 Å². The van der Waals surface area contributed by atoms with Crippen LogP contribution in [0.4, 0.5) is 21.0 Å². The van der Waals surface area contributed by atoms with E-state index in [-0.39, 0.29) is 19.6 Å². The normalized spacial score (nSPS) is 11.2. The van der Waals surface area contributed by atoms with Gasteiger partial charge in [0.15, 0.2) is 12.2 Å². The van der Waals surface area contributed by atoms with Crippen LogP contribution in [-0.2, 0) is 22.6 Å². The first-order valence-corrected chi connectivity index (χ1v) is 12.6. The molecule has 1 unspecified atom stereocenters. The molecule has 4 rings (SSSR count). The van der Waals surface area contributed by atoms with Crippen molar-refractivity contribution in [3.05, 3.63) is 102 Å². The summed E-state index contributed by atoms with van der Waals surface area (Å²) in [6, 6.07) is 23.7. The molecule has 0 radical (unpaired) electrons. The number of nitriles is 1. The standard InChI is InChI=1S/C30H29N5O5/c1-21-14-25(10-11-27(21)28-17-32-20-39-28)35-29(36)34-24-9-5-8-23(15-24)16-33-30(37)40-26(12-13-31)19-38-18-22-6-3-2-4-7-22/h2-11,14-15,17,20,26H,12,16,18-19H2,1H3,(H,33,37)(H2,34,35,36). The molecule has 204 valence electrons. The molecule has 3 amide bonds. The van der Waals surface area contributed by atoms with E-state index in [9.17, 15) is 9.59 Å². The maximum Gasteiger partial charge on any atom is 0.407 e. The Labute approximate surface area is 231 Å². The van der Waals surface area contributed by atoms with E-state index in [4.69, 9.17) is 19.2 Å². The van der Waals surface area contributed by atoms with Gasteiger partial charge in [0.05, 0.1) is 31.9 Å². The number of carbonyl (C=O) groups excluding carboxylic acids is 2. The van der Waals surface area contributed by atoms with Gasteiger partial charge in [0.1, 0.15) is 6.10 Å². The summed E-state index contributed by atoms with van der Waals surface area (Å²) >= 11 is 0. The molecule has 0 saturated carbocycles. The first-order chi connectivity index (χ1) is 19.5. The van der Waals surface area contributed by atoms with E-state index in [1.165, 1.54) is 6.39 Å². The number of benzene rings is 3. The Morgan fingerprint density at radius 1 is 1.00 bits per heavy atom. The van der Waals surface area contributed by atoms with Gasteiger partial charge in [0.2, 0.25) is 0 Å². The summed E-state index contributed by atoms with van der Waals surface area (Å²) in [6.07, 6.45) is 1.66. The Kier molecular flexibility index (Phi) is 9.85. The maximum atomic E-state index is 12.6. The minimum Gasteiger partial charge on any atom is -0.444 e. The number of rotatable bonds is 11. The first kappa shape index (κ1) is 27.9. The number of nitrogens with one attached hydrogen (secondary N) is 3. The zero-order valence-corrected chi connectivity index (χ0v) is 21.9. The fraction of sp³-hybridized carbons (Fsp3) is 0.200. The number of carbonyl (C=O) groups is 2. The summed E-state index contributed by atoms with van der Waals surface area (Å²) in [5.41, 5.74) is 4.73. The summed E-state index contributed by atoms with van der Waals surface area (Å²) in [4.78, 5) is 28.8. The summed E-state index contributed by atoms with van der Waals surface area (Å²) in [5, 5.41) is 17.3. The maximum absolute atomic E-state index is 12.6. The van der Waals surface area contributed by atoms with Crippen molar-refractivity contribution in [2.75, 3.05) is 17.2 Å². The van der Waals surface area contributed by atoms with Crippen LogP contribution in [0, 0.1) is 18.3 Å². The van der Waals surface area contributed by atoms with Crippen LogP contribution in [0.5, 0.6) is 0 Å². The number of hydrogen-bond donors (Lipinski definition) is 3. The molecule has 3 aromatic carbocycles. The molecule has 1 heterocycles. The van der Waals surface area contributed by atoms with Crippen LogP contribution in [0.3, 0.4) is 0 Å². The highest BCUT2D eigenvalue weighted by atomic mass is 16.6. The van der Waals surface area contributed by atoms with Crippen LogP contribution in [0.2, 0.25) is 0 Å². The van der Waals surface area contributed by atoms with Gasteiger partial charge in [-0.3, -0.25) is 0 Å². The monoisotopic (exact) mass is 539 g/mol. The quantitative estimate of drug-likeness (QED) is 0.212. The molecule has 4 aromatic rings. The van der Waals surface area contributed by atoms with Crippen LogP contribution in [-0.4, -0.2) is 29.8 Å². The molecule has 0 aliphatic carbocycles. The molecule has 0 aliphatic rings. The zero-order valence-electron chi connectivity index (χ0n) is 21.9. The molecule has 1 aromatic heterocycles. The van der Waals surface area contributed by atoms with Crippen molar-refractivity contribution in [2.45, 2.75) is 32.6 Å². The van der Waals surface area contributed by atoms with Crippen LogP contribution in [0.15, 0.2) is 89.8 Å². The Morgan fingerprint density at radius 3 is 2.50 bits per heavy atom. The number of anilines is 2. The second kappa shape index (κ2) is 14.1. The Bertz CT molecular complexity index is 1450. The Balaban J connectivity index is 1.24. The van der Waals surface area contributed by atoms with Gasteiger partial charge in [-0.2, -0.15) is 5.26 Å². The molecule has 40 heavy (non-hydrogen) atoms. The number of urea groups is 1. The lowest BCUT2D eigenvalue weighted by Gasteiger charge is -2.16. The molecule has 0 saturated heterocycles. The summed E-state index contributed by atoms with van der Waals surface area (Å²) in [6.45, 7) is 2.55. The van der Waals surface area contributed by atoms with Gasteiger partial charge in [-0.05, 0) is 53.9 Å². The van der Waals surface area contributed by atoms with E-state index in [0.717, 1.165) is 22.3 Å². The molecular weight excluding hydrogens is 510 g/mol. The van der Waals surface area contributed by atoms with Gasteiger partial charge in [-0.15, -0.1) is 0 Å². The molecular formula is C30H29N5O5. The summed E-state index contributed by atoms with van der Waals surface area (Å²) in [5.74, 6) is 0.653. The molecule has 1 atom stereocenters. The number of nitrogens with zero attached hydrogens (tertiary/aromatic N) is 2. The Morgan fingerprint density at radius 2 is 1.77 bits per heavy atom. The third kappa shape index (κ3) is 8.44. The van der Waals surface area contributed by atoms with Gasteiger partial charge in [0, 0.05) is 23.5 Å². The lowest BCUT2D eigenvalue weighted by atomic mass is 10.1. The molecule has 10 heteroatoms. The van der Waals surface area contributed by atoms with E-state index in [2.05, 4.69) is 20.9 Å². The highest BCUT2D eigenvalue weighted by Crippen LogP contribution is 2.25. The van der Waals surface area contributed by atoms with E-state index in [1.807, 2.05) is 61.5 Å². The molecule has 0 aliphatic heterocycles. The van der Waals surface area contributed by atoms with Gasteiger partial charge in [-0.25, -0.2) is 14.6 Å². The largest absolute Gasteiger partial charge is 0.444 e. The number of hydrogen-bond acceptors (Lipinski definition) is 7. The van der Waals surface area contributed by atoms with Crippen molar-refractivity contribution in [3.63, 3.8) is 0 Å². The topological polar surface area (TPSA) is 139 Å². The Hall–Kier alpha value is -5.14. The number of aryl methyl sites for hydroxylation is 1. The zero-order chi connectivity index (χ0) is 28.2. The van der Waals surface area contributed by atoms with Gasteiger partial charge >= 0.3 is 12.1 Å². The lowest BCUT2D eigenvalue weighted by molar-refractivity contribution is 0.0154. The van der Waals surface area contributed by atoms with E-state index >= 15 is 0 Å². The molecule has 0 fully saturated rings. The molecule has 0 spiro atoms. The molecule has 3 N–H and O–H groups in total. The van der Waals surface area contributed by atoms with Gasteiger partial charge in [0.25, 0.3) is 0 Å². The lowest BCUT2D eigenvalue weighted by Crippen LogP contribution is -2.31. The van der Waals surface area contributed by atoms with Crippen LogP contribution in [0.25, 0.3) is 11.3 Å². The van der Waals surface area contributed by atoms with Crippen LogP contribution >= 0.6 is 0 Å². The highest BCUT2D eigenvalue weighted by Gasteiger charge is 2.15. The molecule has 10 nitrogen and oxygen atoms in total. The third-order valence-electron chi connectivity index (χ3n) is 5.81. The predicted octanol–water partition coefficient (Wildman–Crippen LogP) is 6.02. The SMILES string of the molecule is Cc1cc(NC(=O)Nc2cccc(CNC(=O)OC(CC#N)COCc3ccccc3)c2)ccc1-c1cnco1. The van der Waals surface area contributed by atoms with Crippen LogP contribution < -0.4 is 16.0 Å². The second-order valence-electron chi connectivity index (χ2n) is 8.92. The molecule has 0 bridgehead atoms. The number of ether oxygens (including phenoxy) is 2. The second-order valence-corrected chi connectivity index (χ2v) is 8.92. The predicted molar refractivity (Wildman–Crippen MR) is 149 cm³/mol. The van der Waals surface area contributed by atoms with Crippen LogP contribution in [0.1, 0.15) is 23.1 Å².